The lowest BCUT2D eigenvalue weighted by atomic mass is 10.2. The van der Waals surface area contributed by atoms with E-state index in [1.807, 2.05) is 25.1 Å². The number of thiazole rings is 1. The average molecular weight is 290 g/mol. The van der Waals surface area contributed by atoms with Gasteiger partial charge in [-0.1, -0.05) is 0 Å². The van der Waals surface area contributed by atoms with E-state index < -0.39 is 0 Å². The molecule has 0 bridgehead atoms. The maximum absolute atomic E-state index is 5.69. The second-order valence-electron chi connectivity index (χ2n) is 4.81. The molecule has 2 aromatic rings. The molecule has 3 rings (SSSR count). The summed E-state index contributed by atoms with van der Waals surface area (Å²) in [5.74, 6) is 1.66. The van der Waals surface area contributed by atoms with Gasteiger partial charge in [0, 0.05) is 23.1 Å². The first-order valence-corrected chi connectivity index (χ1v) is 7.60. The second kappa shape index (κ2) is 5.71. The number of hydrogen-bond donors (Lipinski definition) is 1. The fraction of sp³-hybridized carbons (Fsp3) is 0.400. The molecule has 0 amide bonds. The SMILES string of the molecule is Cc1nc(C)c(CNc2ccc3c(c2)OCCCO3)s1. The van der Waals surface area contributed by atoms with Crippen molar-refractivity contribution < 1.29 is 9.47 Å². The van der Waals surface area contributed by atoms with Crippen LogP contribution in [0.1, 0.15) is 22.0 Å². The third kappa shape index (κ3) is 2.88. The van der Waals surface area contributed by atoms with E-state index in [2.05, 4.69) is 17.2 Å². The lowest BCUT2D eigenvalue weighted by Gasteiger charge is -2.10. The molecule has 2 heterocycles. The molecule has 1 N–H and O–H groups in total. The van der Waals surface area contributed by atoms with Gasteiger partial charge in [-0.25, -0.2) is 4.98 Å². The number of anilines is 1. The highest BCUT2D eigenvalue weighted by atomic mass is 32.1. The standard InChI is InChI=1S/C15H18N2O2S/c1-10-15(20-11(2)17-10)9-16-12-4-5-13-14(8-12)19-7-3-6-18-13/h4-5,8,16H,3,6-7,9H2,1-2H3. The topological polar surface area (TPSA) is 43.4 Å². The zero-order valence-corrected chi connectivity index (χ0v) is 12.5. The van der Waals surface area contributed by atoms with E-state index in [1.54, 1.807) is 11.3 Å². The third-order valence-electron chi connectivity index (χ3n) is 3.20. The first-order chi connectivity index (χ1) is 9.72. The lowest BCUT2D eigenvalue weighted by Crippen LogP contribution is -2.00. The largest absolute Gasteiger partial charge is 0.490 e. The van der Waals surface area contributed by atoms with Gasteiger partial charge in [0.1, 0.15) is 0 Å². The smallest absolute Gasteiger partial charge is 0.163 e. The molecule has 1 aromatic carbocycles. The van der Waals surface area contributed by atoms with Gasteiger partial charge in [-0.3, -0.25) is 0 Å². The predicted molar refractivity (Wildman–Crippen MR) is 81.0 cm³/mol. The first kappa shape index (κ1) is 13.2. The monoisotopic (exact) mass is 290 g/mol. The summed E-state index contributed by atoms with van der Waals surface area (Å²) in [6.45, 7) is 6.31. The number of nitrogens with zero attached hydrogens (tertiary/aromatic N) is 1. The van der Waals surface area contributed by atoms with Crippen LogP contribution in [0.2, 0.25) is 0 Å². The van der Waals surface area contributed by atoms with Crippen molar-refractivity contribution in [3.05, 3.63) is 33.8 Å². The molecule has 0 atom stereocenters. The number of nitrogens with one attached hydrogen (secondary N) is 1. The van der Waals surface area contributed by atoms with Gasteiger partial charge in [0.05, 0.1) is 30.5 Å². The van der Waals surface area contributed by atoms with Gasteiger partial charge in [0.15, 0.2) is 11.5 Å². The molecule has 0 radical (unpaired) electrons. The Hall–Kier alpha value is -1.75. The first-order valence-electron chi connectivity index (χ1n) is 6.79. The molecule has 1 aliphatic heterocycles. The normalized spacial score (nSPS) is 13.9. The van der Waals surface area contributed by atoms with Crippen molar-refractivity contribution in [2.75, 3.05) is 18.5 Å². The Labute approximate surface area is 122 Å². The molecular formula is C15H18N2O2S. The number of ether oxygens (including phenoxy) is 2. The summed E-state index contributed by atoms with van der Waals surface area (Å²) in [7, 11) is 0. The Balaban J connectivity index is 1.72. The summed E-state index contributed by atoms with van der Waals surface area (Å²) in [4.78, 5) is 5.71. The molecule has 0 aliphatic carbocycles. The summed E-state index contributed by atoms with van der Waals surface area (Å²) >= 11 is 1.74. The van der Waals surface area contributed by atoms with E-state index in [0.717, 1.165) is 47.5 Å². The zero-order chi connectivity index (χ0) is 13.9. The molecule has 0 spiro atoms. The highest BCUT2D eigenvalue weighted by Crippen LogP contribution is 2.32. The minimum Gasteiger partial charge on any atom is -0.490 e. The lowest BCUT2D eigenvalue weighted by molar-refractivity contribution is 0.297. The van der Waals surface area contributed by atoms with Gasteiger partial charge >= 0.3 is 0 Å². The van der Waals surface area contributed by atoms with Crippen molar-refractivity contribution >= 4 is 17.0 Å². The Morgan fingerprint density at radius 2 is 2.00 bits per heavy atom. The Bertz CT molecular complexity index is 610. The van der Waals surface area contributed by atoms with E-state index >= 15 is 0 Å². The van der Waals surface area contributed by atoms with Crippen LogP contribution in [0.3, 0.4) is 0 Å². The summed E-state index contributed by atoms with van der Waals surface area (Å²) in [6.07, 6.45) is 0.927. The fourth-order valence-electron chi connectivity index (χ4n) is 2.19. The van der Waals surface area contributed by atoms with E-state index in [1.165, 1.54) is 4.88 Å². The van der Waals surface area contributed by atoms with Crippen LogP contribution in [-0.2, 0) is 6.54 Å². The quantitative estimate of drug-likeness (QED) is 0.939. The minimum atomic E-state index is 0.712. The van der Waals surface area contributed by atoms with Crippen LogP contribution in [0.15, 0.2) is 18.2 Å². The zero-order valence-electron chi connectivity index (χ0n) is 11.7. The number of aromatic nitrogens is 1. The number of benzene rings is 1. The van der Waals surface area contributed by atoms with Crippen LogP contribution < -0.4 is 14.8 Å². The van der Waals surface area contributed by atoms with E-state index in [9.17, 15) is 0 Å². The second-order valence-corrected chi connectivity index (χ2v) is 6.09. The van der Waals surface area contributed by atoms with Crippen molar-refractivity contribution in [3.8, 4) is 11.5 Å². The van der Waals surface area contributed by atoms with Crippen LogP contribution in [-0.4, -0.2) is 18.2 Å². The number of hydrogen-bond acceptors (Lipinski definition) is 5. The summed E-state index contributed by atoms with van der Waals surface area (Å²) in [5, 5.41) is 4.53. The number of fused-ring (bicyclic) bond motifs is 1. The Kier molecular flexibility index (Phi) is 3.78. The summed E-state index contributed by atoms with van der Waals surface area (Å²) in [5.41, 5.74) is 2.15. The van der Waals surface area contributed by atoms with Crippen LogP contribution >= 0.6 is 11.3 Å². The van der Waals surface area contributed by atoms with E-state index in [-0.39, 0.29) is 0 Å². The maximum atomic E-state index is 5.69. The number of aryl methyl sites for hydroxylation is 2. The van der Waals surface area contributed by atoms with Crippen LogP contribution in [0.5, 0.6) is 11.5 Å². The van der Waals surface area contributed by atoms with Gasteiger partial charge in [-0.15, -0.1) is 11.3 Å². The molecule has 20 heavy (non-hydrogen) atoms. The highest BCUT2D eigenvalue weighted by Gasteiger charge is 2.11. The van der Waals surface area contributed by atoms with Gasteiger partial charge in [-0.05, 0) is 26.0 Å². The van der Waals surface area contributed by atoms with Crippen molar-refractivity contribution in [1.29, 1.82) is 0 Å². The Morgan fingerprint density at radius 1 is 1.20 bits per heavy atom. The molecule has 1 aliphatic rings. The summed E-state index contributed by atoms with van der Waals surface area (Å²) in [6, 6.07) is 5.99. The molecule has 0 fully saturated rings. The van der Waals surface area contributed by atoms with Gasteiger partial charge in [0.25, 0.3) is 0 Å². The van der Waals surface area contributed by atoms with Crippen LogP contribution in [0.25, 0.3) is 0 Å². The summed E-state index contributed by atoms with van der Waals surface area (Å²) < 4.78 is 11.3. The van der Waals surface area contributed by atoms with Gasteiger partial charge in [0.2, 0.25) is 0 Å². The minimum absolute atomic E-state index is 0.712. The van der Waals surface area contributed by atoms with Gasteiger partial charge in [-0.2, -0.15) is 0 Å². The molecule has 0 saturated heterocycles. The van der Waals surface area contributed by atoms with Crippen molar-refractivity contribution in [2.45, 2.75) is 26.8 Å². The highest BCUT2D eigenvalue weighted by molar-refractivity contribution is 7.11. The Morgan fingerprint density at radius 3 is 2.75 bits per heavy atom. The molecule has 0 unspecified atom stereocenters. The third-order valence-corrected chi connectivity index (χ3v) is 4.27. The molecule has 106 valence electrons. The number of rotatable bonds is 3. The molecule has 5 heteroatoms. The fourth-order valence-corrected chi connectivity index (χ4v) is 3.07. The molecule has 0 saturated carbocycles. The van der Waals surface area contributed by atoms with E-state index in [4.69, 9.17) is 9.47 Å². The van der Waals surface area contributed by atoms with E-state index in [0.29, 0.717) is 6.61 Å². The average Bonchev–Trinajstić information content (AvgIpc) is 2.64. The predicted octanol–water partition coefficient (Wildman–Crippen LogP) is 3.53. The molecule has 4 nitrogen and oxygen atoms in total. The molecular weight excluding hydrogens is 272 g/mol. The van der Waals surface area contributed by atoms with Crippen molar-refractivity contribution in [3.63, 3.8) is 0 Å². The van der Waals surface area contributed by atoms with Crippen LogP contribution in [0, 0.1) is 13.8 Å². The maximum Gasteiger partial charge on any atom is 0.163 e. The van der Waals surface area contributed by atoms with Gasteiger partial charge < -0.3 is 14.8 Å². The van der Waals surface area contributed by atoms with Crippen molar-refractivity contribution in [2.24, 2.45) is 0 Å². The van der Waals surface area contributed by atoms with Crippen molar-refractivity contribution in [1.82, 2.24) is 4.98 Å². The molecule has 1 aromatic heterocycles. The van der Waals surface area contributed by atoms with Crippen LogP contribution in [0.4, 0.5) is 5.69 Å².